The molecule has 0 aliphatic carbocycles. The van der Waals surface area contributed by atoms with Crippen LogP contribution in [0.2, 0.25) is 0 Å². The Hall–Kier alpha value is -2.42. The van der Waals surface area contributed by atoms with Gasteiger partial charge in [0.25, 0.3) is 5.69 Å². The number of ether oxygens (including phenoxy) is 1. The lowest BCUT2D eigenvalue weighted by Gasteiger charge is -2.04. The van der Waals surface area contributed by atoms with Gasteiger partial charge in [-0.1, -0.05) is 23.9 Å². The molecule has 23 heavy (non-hydrogen) atoms. The molecule has 1 heterocycles. The van der Waals surface area contributed by atoms with Crippen molar-refractivity contribution in [2.45, 2.75) is 24.3 Å². The van der Waals surface area contributed by atoms with Crippen molar-refractivity contribution in [3.8, 4) is 0 Å². The maximum absolute atomic E-state index is 11.5. The molecule has 9 heteroatoms. The number of hydrogen-bond donors (Lipinski definition) is 0. The minimum atomic E-state index is -0.429. The number of carbonyl (C=O) groups excluding carboxylic acids is 1. The SMILES string of the molecule is CCOC(=O)Cc1nnc(SCc2ccc([N+](=O)[O-])cc2)n1C. The van der Waals surface area contributed by atoms with Crippen molar-refractivity contribution >= 4 is 23.4 Å². The first-order chi connectivity index (χ1) is 11.0. The van der Waals surface area contributed by atoms with Crippen LogP contribution in [0.5, 0.6) is 0 Å². The van der Waals surface area contributed by atoms with E-state index in [0.717, 1.165) is 5.56 Å². The van der Waals surface area contributed by atoms with Gasteiger partial charge in [0.05, 0.1) is 11.5 Å². The average Bonchev–Trinajstić information content (AvgIpc) is 2.86. The Morgan fingerprint density at radius 1 is 1.35 bits per heavy atom. The minimum absolute atomic E-state index is 0.0640. The highest BCUT2D eigenvalue weighted by molar-refractivity contribution is 7.98. The molecule has 0 atom stereocenters. The number of non-ortho nitro benzene ring substituents is 1. The minimum Gasteiger partial charge on any atom is -0.466 e. The highest BCUT2D eigenvalue weighted by Gasteiger charge is 2.14. The molecule has 0 N–H and O–H groups in total. The van der Waals surface area contributed by atoms with E-state index >= 15 is 0 Å². The van der Waals surface area contributed by atoms with Crippen molar-refractivity contribution in [3.63, 3.8) is 0 Å². The smallest absolute Gasteiger partial charge is 0.313 e. The number of thioether (sulfide) groups is 1. The van der Waals surface area contributed by atoms with Gasteiger partial charge < -0.3 is 9.30 Å². The Balaban J connectivity index is 1.97. The van der Waals surface area contributed by atoms with Crippen LogP contribution in [-0.4, -0.2) is 32.3 Å². The summed E-state index contributed by atoms with van der Waals surface area (Å²) in [6.45, 7) is 2.08. The largest absolute Gasteiger partial charge is 0.466 e. The molecule has 8 nitrogen and oxygen atoms in total. The molecule has 2 rings (SSSR count). The third-order valence-electron chi connectivity index (χ3n) is 3.05. The van der Waals surface area contributed by atoms with Crippen molar-refractivity contribution in [2.75, 3.05) is 6.61 Å². The fourth-order valence-electron chi connectivity index (χ4n) is 1.83. The molecule has 0 aliphatic heterocycles. The lowest BCUT2D eigenvalue weighted by atomic mass is 10.2. The fourth-order valence-corrected chi connectivity index (χ4v) is 2.71. The van der Waals surface area contributed by atoms with Gasteiger partial charge in [0.2, 0.25) is 0 Å². The van der Waals surface area contributed by atoms with Crippen LogP contribution in [0.25, 0.3) is 0 Å². The number of hydrogen-bond acceptors (Lipinski definition) is 7. The van der Waals surface area contributed by atoms with Crippen molar-refractivity contribution in [1.29, 1.82) is 0 Å². The van der Waals surface area contributed by atoms with Crippen LogP contribution < -0.4 is 0 Å². The van der Waals surface area contributed by atoms with Gasteiger partial charge in [0.15, 0.2) is 5.16 Å². The van der Waals surface area contributed by atoms with Crippen molar-refractivity contribution in [3.05, 3.63) is 45.8 Å². The molecule has 0 amide bonds. The van der Waals surface area contributed by atoms with Gasteiger partial charge in [-0.15, -0.1) is 10.2 Å². The third kappa shape index (κ3) is 4.52. The summed E-state index contributed by atoms with van der Waals surface area (Å²) >= 11 is 1.44. The molecule has 0 spiro atoms. The van der Waals surface area contributed by atoms with E-state index in [1.807, 2.05) is 0 Å². The fraction of sp³-hybridized carbons (Fsp3) is 0.357. The molecule has 0 unspecified atom stereocenters. The standard InChI is InChI=1S/C14H16N4O4S/c1-3-22-13(19)8-12-15-16-14(17(12)2)23-9-10-4-6-11(7-5-10)18(20)21/h4-7H,3,8-9H2,1-2H3. The van der Waals surface area contributed by atoms with Crippen LogP contribution in [0.4, 0.5) is 5.69 Å². The lowest BCUT2D eigenvalue weighted by Crippen LogP contribution is -2.11. The molecular formula is C14H16N4O4S. The third-order valence-corrected chi connectivity index (χ3v) is 4.14. The Labute approximate surface area is 137 Å². The number of benzene rings is 1. The van der Waals surface area contributed by atoms with Gasteiger partial charge in [-0.3, -0.25) is 14.9 Å². The van der Waals surface area contributed by atoms with Gasteiger partial charge in [0, 0.05) is 24.9 Å². The van der Waals surface area contributed by atoms with Crippen LogP contribution in [0, 0.1) is 10.1 Å². The van der Waals surface area contributed by atoms with Crippen LogP contribution >= 0.6 is 11.8 Å². The predicted octanol–water partition coefficient (Wildman–Crippen LogP) is 2.12. The summed E-state index contributed by atoms with van der Waals surface area (Å²) in [5.41, 5.74) is 1.00. The molecule has 1 aromatic carbocycles. The van der Waals surface area contributed by atoms with Crippen molar-refractivity contribution < 1.29 is 14.5 Å². The van der Waals surface area contributed by atoms with Gasteiger partial charge in [-0.25, -0.2) is 0 Å². The van der Waals surface area contributed by atoms with Crippen LogP contribution in [0.3, 0.4) is 0 Å². The van der Waals surface area contributed by atoms with E-state index in [1.165, 1.54) is 23.9 Å². The number of nitro groups is 1. The topological polar surface area (TPSA) is 100 Å². The van der Waals surface area contributed by atoms with Gasteiger partial charge >= 0.3 is 5.97 Å². The van der Waals surface area contributed by atoms with E-state index in [9.17, 15) is 14.9 Å². The molecule has 1 aromatic heterocycles. The summed E-state index contributed by atoms with van der Waals surface area (Å²) in [6, 6.07) is 6.36. The number of esters is 1. The normalized spacial score (nSPS) is 10.5. The van der Waals surface area contributed by atoms with E-state index in [2.05, 4.69) is 10.2 Å². The number of aromatic nitrogens is 3. The van der Waals surface area contributed by atoms with E-state index < -0.39 is 4.92 Å². The van der Waals surface area contributed by atoms with E-state index in [1.54, 1.807) is 30.7 Å². The summed E-state index contributed by atoms with van der Waals surface area (Å²) in [4.78, 5) is 21.7. The first-order valence-electron chi connectivity index (χ1n) is 6.91. The predicted molar refractivity (Wildman–Crippen MR) is 84.0 cm³/mol. The van der Waals surface area contributed by atoms with E-state index in [4.69, 9.17) is 4.74 Å². The Morgan fingerprint density at radius 2 is 2.04 bits per heavy atom. The van der Waals surface area contributed by atoms with Gasteiger partial charge in [-0.05, 0) is 12.5 Å². The summed E-state index contributed by atoms with van der Waals surface area (Å²) in [5.74, 6) is 0.799. The molecule has 2 aromatic rings. The molecule has 0 fully saturated rings. The Bertz CT molecular complexity index is 699. The summed E-state index contributed by atoms with van der Waals surface area (Å²) < 4.78 is 6.63. The molecule has 0 saturated carbocycles. The zero-order valence-corrected chi connectivity index (χ0v) is 13.6. The zero-order chi connectivity index (χ0) is 16.8. The molecular weight excluding hydrogens is 320 g/mol. The number of nitrogens with zero attached hydrogens (tertiary/aromatic N) is 4. The zero-order valence-electron chi connectivity index (χ0n) is 12.8. The summed E-state index contributed by atoms with van der Waals surface area (Å²) in [5, 5.41) is 19.3. The molecule has 122 valence electrons. The number of carbonyl (C=O) groups is 1. The lowest BCUT2D eigenvalue weighted by molar-refractivity contribution is -0.384. The van der Waals surface area contributed by atoms with Crippen LogP contribution in [-0.2, 0) is 28.8 Å². The monoisotopic (exact) mass is 336 g/mol. The summed E-state index contributed by atoms with van der Waals surface area (Å²) in [7, 11) is 1.78. The maximum atomic E-state index is 11.5. The Kier molecular flexibility index (Phi) is 5.69. The molecule has 0 aliphatic rings. The quantitative estimate of drug-likeness (QED) is 0.330. The number of rotatable bonds is 7. The average molecular weight is 336 g/mol. The van der Waals surface area contributed by atoms with Crippen molar-refractivity contribution in [2.24, 2.45) is 7.05 Å². The van der Waals surface area contributed by atoms with Gasteiger partial charge in [0.1, 0.15) is 12.2 Å². The highest BCUT2D eigenvalue weighted by atomic mass is 32.2. The van der Waals surface area contributed by atoms with Gasteiger partial charge in [-0.2, -0.15) is 0 Å². The molecule has 0 radical (unpaired) electrons. The molecule has 0 saturated heterocycles. The maximum Gasteiger partial charge on any atom is 0.313 e. The second-order valence-electron chi connectivity index (χ2n) is 4.65. The van der Waals surface area contributed by atoms with Crippen LogP contribution in [0.15, 0.2) is 29.4 Å². The first kappa shape index (κ1) is 16.9. The van der Waals surface area contributed by atoms with E-state index in [-0.39, 0.29) is 18.1 Å². The van der Waals surface area contributed by atoms with Crippen LogP contribution in [0.1, 0.15) is 18.3 Å². The first-order valence-corrected chi connectivity index (χ1v) is 7.89. The second-order valence-corrected chi connectivity index (χ2v) is 5.59. The highest BCUT2D eigenvalue weighted by Crippen LogP contribution is 2.22. The number of nitro benzene ring substituents is 1. The van der Waals surface area contributed by atoms with Crippen molar-refractivity contribution in [1.82, 2.24) is 14.8 Å². The van der Waals surface area contributed by atoms with E-state index in [0.29, 0.717) is 23.3 Å². The second kappa shape index (κ2) is 7.73. The molecule has 0 bridgehead atoms. The Morgan fingerprint density at radius 3 is 2.65 bits per heavy atom. The summed E-state index contributed by atoms with van der Waals surface area (Å²) in [6.07, 6.45) is 0.0788.